The first kappa shape index (κ1) is 8.10. The van der Waals surface area contributed by atoms with Crippen LogP contribution in [0.1, 0.15) is 46.5 Å². The minimum atomic E-state index is -0.0104. The Balaban J connectivity index is 2.15. The van der Waals surface area contributed by atoms with Crippen LogP contribution in [0, 0.1) is 17.4 Å². The number of hydrogen-bond donors (Lipinski definition) is 0. The van der Waals surface area contributed by atoms with Crippen LogP contribution in [0.5, 0.6) is 0 Å². The Hall–Kier alpha value is -0.510. The van der Waals surface area contributed by atoms with Crippen molar-refractivity contribution in [1.82, 2.24) is 0 Å². The molecule has 0 aromatic rings. The molecule has 2 rings (SSSR count). The lowest BCUT2D eigenvalue weighted by atomic mass is 9.55. The topological polar surface area (TPSA) is 4.36 Å². The van der Waals surface area contributed by atoms with Crippen molar-refractivity contribution in [2.24, 2.45) is 10.8 Å². The molecule has 1 spiro atoms. The van der Waals surface area contributed by atoms with E-state index in [1.54, 1.807) is 0 Å². The molecular weight excluding hydrogens is 146 g/mol. The average molecular weight is 163 g/mol. The van der Waals surface area contributed by atoms with Gasteiger partial charge in [-0.25, -0.2) is 6.57 Å². The normalized spacial score (nSPS) is 29.2. The smallest absolute Gasteiger partial charge is 0.238 e. The van der Waals surface area contributed by atoms with Gasteiger partial charge in [-0.15, -0.1) is 0 Å². The molecule has 0 unspecified atom stereocenters. The summed E-state index contributed by atoms with van der Waals surface area (Å²) in [6.07, 6.45) is 5.13. The Morgan fingerprint density at radius 2 is 1.67 bits per heavy atom. The van der Waals surface area contributed by atoms with Gasteiger partial charge in [-0.05, 0) is 18.3 Å². The molecule has 0 amide bonds. The third-order valence-electron chi connectivity index (χ3n) is 3.90. The maximum atomic E-state index is 7.29. The Morgan fingerprint density at radius 1 is 1.17 bits per heavy atom. The van der Waals surface area contributed by atoms with Crippen LogP contribution in [0.4, 0.5) is 0 Å². The highest BCUT2D eigenvalue weighted by atomic mass is 14.9. The van der Waals surface area contributed by atoms with Gasteiger partial charge < -0.3 is 4.85 Å². The van der Waals surface area contributed by atoms with E-state index in [-0.39, 0.29) is 11.0 Å². The Kier molecular flexibility index (Phi) is 1.26. The van der Waals surface area contributed by atoms with Crippen molar-refractivity contribution in [3.8, 4) is 0 Å². The van der Waals surface area contributed by atoms with Gasteiger partial charge in [0, 0.05) is 18.3 Å². The molecule has 12 heavy (non-hydrogen) atoms. The molecule has 0 aromatic carbocycles. The molecule has 1 nitrogen and oxygen atoms in total. The lowest BCUT2D eigenvalue weighted by Crippen LogP contribution is -2.51. The van der Waals surface area contributed by atoms with E-state index >= 15 is 0 Å². The average Bonchev–Trinajstić information content (AvgIpc) is 2.58. The first-order valence-corrected chi connectivity index (χ1v) is 4.82. The molecule has 66 valence electrons. The number of hydrogen-bond acceptors (Lipinski definition) is 0. The van der Waals surface area contributed by atoms with Crippen LogP contribution in [-0.4, -0.2) is 5.54 Å². The quantitative estimate of drug-likeness (QED) is 0.483. The first-order chi connectivity index (χ1) is 5.43. The second-order valence-corrected chi connectivity index (χ2v) is 5.75. The minimum Gasteiger partial charge on any atom is -0.310 e. The van der Waals surface area contributed by atoms with Crippen molar-refractivity contribution >= 4 is 0 Å². The molecule has 2 saturated carbocycles. The van der Waals surface area contributed by atoms with Crippen LogP contribution in [0.3, 0.4) is 0 Å². The summed E-state index contributed by atoms with van der Waals surface area (Å²) < 4.78 is 0. The van der Waals surface area contributed by atoms with E-state index in [4.69, 9.17) is 6.57 Å². The van der Waals surface area contributed by atoms with E-state index in [1.165, 1.54) is 25.7 Å². The Morgan fingerprint density at radius 3 is 1.92 bits per heavy atom. The lowest BCUT2D eigenvalue weighted by molar-refractivity contribution is 0.0561. The Bertz CT molecular complexity index is 239. The molecular formula is C11H17N. The van der Waals surface area contributed by atoms with Crippen molar-refractivity contribution in [2.75, 3.05) is 0 Å². The minimum absolute atomic E-state index is 0.0104. The molecule has 0 atom stereocenters. The predicted molar refractivity (Wildman–Crippen MR) is 49.7 cm³/mol. The summed E-state index contributed by atoms with van der Waals surface area (Å²) in [4.78, 5) is 3.88. The molecule has 0 saturated heterocycles. The van der Waals surface area contributed by atoms with Crippen molar-refractivity contribution in [3.63, 3.8) is 0 Å². The summed E-state index contributed by atoms with van der Waals surface area (Å²) in [5.41, 5.74) is 0.823. The summed E-state index contributed by atoms with van der Waals surface area (Å²) in [6, 6.07) is 0. The molecule has 0 aromatic heterocycles. The van der Waals surface area contributed by atoms with Crippen molar-refractivity contribution < 1.29 is 0 Å². The Labute approximate surface area is 75.0 Å². The van der Waals surface area contributed by atoms with Gasteiger partial charge in [0.05, 0.1) is 0 Å². The van der Waals surface area contributed by atoms with E-state index < -0.39 is 0 Å². The second kappa shape index (κ2) is 1.87. The molecule has 0 radical (unpaired) electrons. The van der Waals surface area contributed by atoms with Crippen LogP contribution in [0.15, 0.2) is 0 Å². The van der Waals surface area contributed by atoms with Crippen LogP contribution >= 0.6 is 0 Å². The fraction of sp³-hybridized carbons (Fsp3) is 0.909. The van der Waals surface area contributed by atoms with E-state index in [1.807, 2.05) is 0 Å². The molecule has 1 heteroatoms. The fourth-order valence-corrected chi connectivity index (χ4v) is 2.50. The van der Waals surface area contributed by atoms with Gasteiger partial charge in [0.2, 0.25) is 5.54 Å². The molecule has 2 fully saturated rings. The highest BCUT2D eigenvalue weighted by Gasteiger charge is 2.69. The fourth-order valence-electron chi connectivity index (χ4n) is 2.50. The van der Waals surface area contributed by atoms with Gasteiger partial charge in [0.25, 0.3) is 0 Å². The summed E-state index contributed by atoms with van der Waals surface area (Å²) in [6.45, 7) is 13.9. The molecule has 0 heterocycles. The zero-order valence-corrected chi connectivity index (χ0v) is 8.28. The van der Waals surface area contributed by atoms with Crippen LogP contribution in [0.25, 0.3) is 4.85 Å². The molecule has 0 aliphatic heterocycles. The van der Waals surface area contributed by atoms with Crippen molar-refractivity contribution in [1.29, 1.82) is 0 Å². The monoisotopic (exact) mass is 163 g/mol. The molecule has 0 bridgehead atoms. The van der Waals surface area contributed by atoms with E-state index in [0.29, 0.717) is 5.41 Å². The molecule has 2 aliphatic carbocycles. The highest BCUT2D eigenvalue weighted by molar-refractivity contribution is 5.24. The van der Waals surface area contributed by atoms with Crippen molar-refractivity contribution in [2.45, 2.75) is 52.0 Å². The summed E-state index contributed by atoms with van der Waals surface area (Å²) in [5, 5.41) is 0. The molecule has 2 aliphatic rings. The standard InChI is InChI=1S/C11H17N/c1-9(2,3)11(12-4)7-10(8-11)5-6-10/h5-8H2,1-3H3. The third-order valence-corrected chi connectivity index (χ3v) is 3.90. The SMILES string of the molecule is [C-]#[N+]C1(C(C)(C)C)CC2(CC2)C1. The third kappa shape index (κ3) is 0.843. The van der Waals surface area contributed by atoms with E-state index in [0.717, 1.165) is 0 Å². The summed E-state index contributed by atoms with van der Waals surface area (Å²) in [5.74, 6) is 0. The number of nitrogens with zero attached hydrogens (tertiary/aromatic N) is 1. The zero-order chi connectivity index (χ0) is 9.04. The van der Waals surface area contributed by atoms with E-state index in [2.05, 4.69) is 25.6 Å². The maximum absolute atomic E-state index is 7.29. The highest BCUT2D eigenvalue weighted by Crippen LogP contribution is 2.70. The zero-order valence-electron chi connectivity index (χ0n) is 8.28. The van der Waals surface area contributed by atoms with Crippen LogP contribution in [-0.2, 0) is 0 Å². The van der Waals surface area contributed by atoms with Gasteiger partial charge in [0.1, 0.15) is 0 Å². The van der Waals surface area contributed by atoms with Gasteiger partial charge >= 0.3 is 0 Å². The first-order valence-electron chi connectivity index (χ1n) is 4.82. The van der Waals surface area contributed by atoms with Gasteiger partial charge in [-0.1, -0.05) is 20.8 Å². The molecule has 0 N–H and O–H groups in total. The second-order valence-electron chi connectivity index (χ2n) is 5.75. The lowest BCUT2D eigenvalue weighted by Gasteiger charge is -2.46. The van der Waals surface area contributed by atoms with Gasteiger partial charge in [-0.2, -0.15) is 0 Å². The summed E-state index contributed by atoms with van der Waals surface area (Å²) >= 11 is 0. The van der Waals surface area contributed by atoms with Crippen LogP contribution < -0.4 is 0 Å². The predicted octanol–water partition coefficient (Wildman–Crippen LogP) is 3.26. The van der Waals surface area contributed by atoms with Gasteiger partial charge in [0.15, 0.2) is 0 Å². The number of rotatable bonds is 0. The summed E-state index contributed by atoms with van der Waals surface area (Å²) in [7, 11) is 0. The van der Waals surface area contributed by atoms with Crippen molar-refractivity contribution in [3.05, 3.63) is 11.4 Å². The maximum Gasteiger partial charge on any atom is 0.238 e. The van der Waals surface area contributed by atoms with E-state index in [9.17, 15) is 0 Å². The largest absolute Gasteiger partial charge is 0.310 e. The van der Waals surface area contributed by atoms with Gasteiger partial charge in [-0.3, -0.25) is 0 Å². The van der Waals surface area contributed by atoms with Crippen LogP contribution in [0.2, 0.25) is 0 Å².